The van der Waals surface area contributed by atoms with Crippen LogP contribution in [0.3, 0.4) is 0 Å². The van der Waals surface area contributed by atoms with Crippen molar-refractivity contribution in [2.45, 2.75) is 32.5 Å². The molecule has 0 spiro atoms. The van der Waals surface area contributed by atoms with Gasteiger partial charge in [0, 0.05) is 38.4 Å². The first-order chi connectivity index (χ1) is 6.83. The third kappa shape index (κ3) is 1.78. The third-order valence-electron chi connectivity index (χ3n) is 2.81. The van der Waals surface area contributed by atoms with Crippen LogP contribution in [0.15, 0.2) is 6.20 Å². The van der Waals surface area contributed by atoms with Crippen molar-refractivity contribution in [1.82, 2.24) is 19.9 Å². The van der Waals surface area contributed by atoms with Gasteiger partial charge in [0.2, 0.25) is 0 Å². The molecule has 1 saturated heterocycles. The number of nitrogens with two attached hydrogens (primary N) is 1. The van der Waals surface area contributed by atoms with Crippen molar-refractivity contribution >= 4 is 0 Å². The molecule has 0 aliphatic carbocycles. The van der Waals surface area contributed by atoms with Crippen molar-refractivity contribution in [1.29, 1.82) is 0 Å². The number of rotatable bonds is 4. The highest BCUT2D eigenvalue weighted by atomic mass is 15.4. The maximum absolute atomic E-state index is 5.63. The molecular formula is C9H17N5. The second-order valence-electron chi connectivity index (χ2n) is 3.71. The Morgan fingerprint density at radius 3 is 3.00 bits per heavy atom. The number of likely N-dealkylation sites (tertiary alicyclic amines) is 1. The highest BCUT2D eigenvalue weighted by Gasteiger charge is 2.26. The fraction of sp³-hybridized carbons (Fsp3) is 0.778. The lowest BCUT2D eigenvalue weighted by atomic mass is 10.0. The Kier molecular flexibility index (Phi) is 2.79. The maximum atomic E-state index is 5.63. The quantitative estimate of drug-likeness (QED) is 0.724. The molecule has 1 aromatic heterocycles. The Hall–Kier alpha value is -0.940. The minimum Gasteiger partial charge on any atom is -0.329 e. The summed E-state index contributed by atoms with van der Waals surface area (Å²) in [5.41, 5.74) is 6.67. The number of hydrogen-bond donors (Lipinski definition) is 1. The fourth-order valence-electron chi connectivity index (χ4n) is 1.74. The largest absolute Gasteiger partial charge is 0.329 e. The first kappa shape index (κ1) is 9.61. The second kappa shape index (κ2) is 4.06. The summed E-state index contributed by atoms with van der Waals surface area (Å²) in [7, 11) is 0. The van der Waals surface area contributed by atoms with Crippen LogP contribution in [0.1, 0.15) is 19.0 Å². The van der Waals surface area contributed by atoms with Crippen molar-refractivity contribution in [3.8, 4) is 0 Å². The van der Waals surface area contributed by atoms with E-state index in [1.54, 1.807) is 0 Å². The molecule has 0 radical (unpaired) electrons. The smallest absolute Gasteiger partial charge is 0.0967 e. The third-order valence-corrected chi connectivity index (χ3v) is 2.81. The average Bonchev–Trinajstić information content (AvgIpc) is 2.61. The molecule has 1 aliphatic rings. The van der Waals surface area contributed by atoms with Crippen LogP contribution in [0.5, 0.6) is 0 Å². The monoisotopic (exact) mass is 195 g/mol. The summed E-state index contributed by atoms with van der Waals surface area (Å²) < 4.78 is 1.85. The molecule has 1 aromatic rings. The van der Waals surface area contributed by atoms with Gasteiger partial charge in [-0.25, -0.2) is 0 Å². The molecule has 0 aromatic carbocycles. The Morgan fingerprint density at radius 1 is 1.64 bits per heavy atom. The van der Waals surface area contributed by atoms with E-state index >= 15 is 0 Å². The molecular weight excluding hydrogens is 178 g/mol. The van der Waals surface area contributed by atoms with Crippen molar-refractivity contribution < 1.29 is 0 Å². The van der Waals surface area contributed by atoms with Crippen LogP contribution in [-0.2, 0) is 13.1 Å². The fourth-order valence-corrected chi connectivity index (χ4v) is 1.74. The van der Waals surface area contributed by atoms with E-state index < -0.39 is 0 Å². The van der Waals surface area contributed by atoms with Crippen LogP contribution >= 0.6 is 0 Å². The molecule has 0 bridgehead atoms. The van der Waals surface area contributed by atoms with Gasteiger partial charge < -0.3 is 5.73 Å². The van der Waals surface area contributed by atoms with Gasteiger partial charge in [-0.2, -0.15) is 0 Å². The van der Waals surface area contributed by atoms with Crippen molar-refractivity contribution in [2.75, 3.05) is 13.1 Å². The summed E-state index contributed by atoms with van der Waals surface area (Å²) in [5, 5.41) is 8.11. The van der Waals surface area contributed by atoms with E-state index in [0.717, 1.165) is 31.9 Å². The normalized spacial score (nSPS) is 22.3. The van der Waals surface area contributed by atoms with Gasteiger partial charge in [0.15, 0.2) is 0 Å². The summed E-state index contributed by atoms with van der Waals surface area (Å²) in [4.78, 5) is 2.35. The van der Waals surface area contributed by atoms with Gasteiger partial charge in [-0.05, 0) is 13.3 Å². The molecule has 14 heavy (non-hydrogen) atoms. The Bertz CT molecular complexity index is 293. The SMILES string of the molecule is CCn1cc(CN2CCC2CN)nn1. The predicted molar refractivity (Wildman–Crippen MR) is 53.6 cm³/mol. The first-order valence-electron chi connectivity index (χ1n) is 5.16. The van der Waals surface area contributed by atoms with E-state index in [1.807, 2.05) is 10.9 Å². The van der Waals surface area contributed by atoms with Gasteiger partial charge in [-0.15, -0.1) is 5.10 Å². The van der Waals surface area contributed by atoms with E-state index in [2.05, 4.69) is 22.1 Å². The van der Waals surface area contributed by atoms with E-state index in [-0.39, 0.29) is 0 Å². The molecule has 1 atom stereocenters. The molecule has 2 heterocycles. The highest BCUT2D eigenvalue weighted by molar-refractivity contribution is 4.96. The minimum absolute atomic E-state index is 0.557. The van der Waals surface area contributed by atoms with Gasteiger partial charge in [0.1, 0.15) is 0 Å². The topological polar surface area (TPSA) is 60.0 Å². The Balaban J connectivity index is 1.90. The molecule has 5 heteroatoms. The van der Waals surface area contributed by atoms with Gasteiger partial charge in [0.25, 0.3) is 0 Å². The van der Waals surface area contributed by atoms with E-state index in [1.165, 1.54) is 6.42 Å². The number of aromatic nitrogens is 3. The van der Waals surface area contributed by atoms with Crippen LogP contribution in [0, 0.1) is 0 Å². The lowest BCUT2D eigenvalue weighted by Gasteiger charge is -2.39. The van der Waals surface area contributed by atoms with Gasteiger partial charge in [-0.3, -0.25) is 9.58 Å². The van der Waals surface area contributed by atoms with Crippen molar-refractivity contribution in [3.05, 3.63) is 11.9 Å². The molecule has 1 fully saturated rings. The predicted octanol–water partition coefficient (Wildman–Crippen LogP) is -0.169. The molecule has 1 unspecified atom stereocenters. The summed E-state index contributed by atoms with van der Waals surface area (Å²) >= 11 is 0. The minimum atomic E-state index is 0.557. The van der Waals surface area contributed by atoms with Gasteiger partial charge >= 0.3 is 0 Å². The van der Waals surface area contributed by atoms with Crippen molar-refractivity contribution in [3.63, 3.8) is 0 Å². The second-order valence-corrected chi connectivity index (χ2v) is 3.71. The van der Waals surface area contributed by atoms with Crippen LogP contribution < -0.4 is 5.73 Å². The van der Waals surface area contributed by atoms with E-state index in [0.29, 0.717) is 6.04 Å². The Labute approximate surface area is 83.9 Å². The summed E-state index contributed by atoms with van der Waals surface area (Å²) in [5.74, 6) is 0. The standard InChI is InChI=1S/C9H17N5/c1-2-14-7-8(11-12-14)6-13-4-3-9(13)5-10/h7,9H,2-6,10H2,1H3. The van der Waals surface area contributed by atoms with Gasteiger partial charge in [0.05, 0.1) is 5.69 Å². The number of hydrogen-bond acceptors (Lipinski definition) is 4. The van der Waals surface area contributed by atoms with Crippen LogP contribution in [-0.4, -0.2) is 39.0 Å². The lowest BCUT2D eigenvalue weighted by Crippen LogP contribution is -2.50. The van der Waals surface area contributed by atoms with Gasteiger partial charge in [-0.1, -0.05) is 5.21 Å². The summed E-state index contributed by atoms with van der Waals surface area (Å²) in [6.45, 7) is 5.72. The maximum Gasteiger partial charge on any atom is 0.0967 e. The van der Waals surface area contributed by atoms with Crippen LogP contribution in [0.25, 0.3) is 0 Å². The van der Waals surface area contributed by atoms with E-state index in [9.17, 15) is 0 Å². The lowest BCUT2D eigenvalue weighted by molar-refractivity contribution is 0.0867. The number of aryl methyl sites for hydroxylation is 1. The highest BCUT2D eigenvalue weighted by Crippen LogP contribution is 2.18. The van der Waals surface area contributed by atoms with Crippen LogP contribution in [0.4, 0.5) is 0 Å². The zero-order valence-electron chi connectivity index (χ0n) is 8.56. The summed E-state index contributed by atoms with van der Waals surface area (Å²) in [6, 6.07) is 0.557. The van der Waals surface area contributed by atoms with Crippen molar-refractivity contribution in [2.24, 2.45) is 5.73 Å². The number of nitrogens with zero attached hydrogens (tertiary/aromatic N) is 4. The molecule has 78 valence electrons. The molecule has 5 nitrogen and oxygen atoms in total. The van der Waals surface area contributed by atoms with Crippen LogP contribution in [0.2, 0.25) is 0 Å². The average molecular weight is 195 g/mol. The first-order valence-corrected chi connectivity index (χ1v) is 5.16. The van der Waals surface area contributed by atoms with E-state index in [4.69, 9.17) is 5.73 Å². The molecule has 1 aliphatic heterocycles. The zero-order valence-corrected chi connectivity index (χ0v) is 8.56. The molecule has 0 saturated carbocycles. The summed E-state index contributed by atoms with van der Waals surface area (Å²) in [6.07, 6.45) is 3.23. The molecule has 2 N–H and O–H groups in total. The molecule has 2 rings (SSSR count). The molecule has 0 amide bonds. The Morgan fingerprint density at radius 2 is 2.50 bits per heavy atom. The zero-order chi connectivity index (χ0) is 9.97.